The molecule has 2 nitrogen and oxygen atoms in total. The SMILES string of the molecule is CCCc1cccnc1-c1ccccn1. The fraction of sp³-hybridized carbons (Fsp3) is 0.231. The van der Waals surface area contributed by atoms with Gasteiger partial charge in [-0.2, -0.15) is 0 Å². The van der Waals surface area contributed by atoms with Crippen molar-refractivity contribution >= 4 is 0 Å². The van der Waals surface area contributed by atoms with Gasteiger partial charge in [-0.15, -0.1) is 0 Å². The lowest BCUT2D eigenvalue weighted by atomic mass is 10.1. The molecule has 2 aromatic heterocycles. The van der Waals surface area contributed by atoms with Crippen molar-refractivity contribution in [1.82, 2.24) is 9.97 Å². The van der Waals surface area contributed by atoms with E-state index < -0.39 is 0 Å². The molecule has 0 aliphatic carbocycles. The van der Waals surface area contributed by atoms with Crippen molar-refractivity contribution in [3.63, 3.8) is 0 Å². The highest BCUT2D eigenvalue weighted by Gasteiger charge is 2.05. The first-order valence-corrected chi connectivity index (χ1v) is 5.27. The van der Waals surface area contributed by atoms with Gasteiger partial charge in [0.15, 0.2) is 0 Å². The lowest BCUT2D eigenvalue weighted by Crippen LogP contribution is -1.93. The maximum absolute atomic E-state index is 4.41. The Morgan fingerprint density at radius 1 is 1.00 bits per heavy atom. The highest BCUT2D eigenvalue weighted by atomic mass is 14.8. The molecule has 0 unspecified atom stereocenters. The Hall–Kier alpha value is -1.70. The summed E-state index contributed by atoms with van der Waals surface area (Å²) in [5.41, 5.74) is 3.25. The summed E-state index contributed by atoms with van der Waals surface area (Å²) < 4.78 is 0. The molecule has 0 saturated carbocycles. The molecule has 0 aliphatic heterocycles. The smallest absolute Gasteiger partial charge is 0.0918 e. The fourth-order valence-corrected chi connectivity index (χ4v) is 1.64. The van der Waals surface area contributed by atoms with Gasteiger partial charge in [0.1, 0.15) is 0 Å². The zero-order valence-electron chi connectivity index (χ0n) is 8.85. The molecule has 0 amide bonds. The van der Waals surface area contributed by atoms with Crippen molar-refractivity contribution in [2.45, 2.75) is 19.8 Å². The average Bonchev–Trinajstić information content (AvgIpc) is 2.31. The Labute approximate surface area is 90.0 Å². The van der Waals surface area contributed by atoms with Gasteiger partial charge < -0.3 is 0 Å². The Kier molecular flexibility index (Phi) is 3.08. The molecule has 0 atom stereocenters. The van der Waals surface area contributed by atoms with Crippen LogP contribution < -0.4 is 0 Å². The largest absolute Gasteiger partial charge is 0.255 e. The molecule has 2 heterocycles. The van der Waals surface area contributed by atoms with Gasteiger partial charge in [0.05, 0.1) is 11.4 Å². The summed E-state index contributed by atoms with van der Waals surface area (Å²) in [7, 11) is 0. The van der Waals surface area contributed by atoms with E-state index in [0.29, 0.717) is 0 Å². The standard InChI is InChI=1S/C13H14N2/c1-2-6-11-7-5-10-15-13(11)12-8-3-4-9-14-12/h3-5,7-10H,2,6H2,1H3. The average molecular weight is 198 g/mol. The van der Waals surface area contributed by atoms with Gasteiger partial charge in [-0.3, -0.25) is 9.97 Å². The molecule has 2 rings (SSSR count). The first-order chi connectivity index (χ1) is 7.42. The third kappa shape index (κ3) is 2.21. The maximum atomic E-state index is 4.41. The minimum atomic E-state index is 0.960. The van der Waals surface area contributed by atoms with Crippen LogP contribution in [-0.4, -0.2) is 9.97 Å². The monoisotopic (exact) mass is 198 g/mol. The molecule has 2 aromatic rings. The van der Waals surface area contributed by atoms with Crippen LogP contribution >= 0.6 is 0 Å². The van der Waals surface area contributed by atoms with Crippen molar-refractivity contribution < 1.29 is 0 Å². The normalized spacial score (nSPS) is 10.2. The van der Waals surface area contributed by atoms with E-state index in [4.69, 9.17) is 0 Å². The minimum absolute atomic E-state index is 0.960. The van der Waals surface area contributed by atoms with Crippen LogP contribution in [0, 0.1) is 0 Å². The predicted molar refractivity (Wildman–Crippen MR) is 61.5 cm³/mol. The van der Waals surface area contributed by atoms with Crippen molar-refractivity contribution in [2.75, 3.05) is 0 Å². The van der Waals surface area contributed by atoms with E-state index in [-0.39, 0.29) is 0 Å². The van der Waals surface area contributed by atoms with E-state index in [1.807, 2.05) is 30.5 Å². The zero-order chi connectivity index (χ0) is 10.5. The number of nitrogens with zero attached hydrogens (tertiary/aromatic N) is 2. The Balaban J connectivity index is 2.43. The second-order valence-corrected chi connectivity index (χ2v) is 3.48. The molecular weight excluding hydrogens is 184 g/mol. The summed E-state index contributed by atoms with van der Waals surface area (Å²) in [5, 5.41) is 0. The molecule has 0 spiro atoms. The number of rotatable bonds is 3. The summed E-state index contributed by atoms with van der Waals surface area (Å²) in [4.78, 5) is 8.73. The molecule has 76 valence electrons. The number of hydrogen-bond donors (Lipinski definition) is 0. The van der Waals surface area contributed by atoms with Gasteiger partial charge in [-0.25, -0.2) is 0 Å². The van der Waals surface area contributed by atoms with Gasteiger partial charge in [0.25, 0.3) is 0 Å². The summed E-state index contributed by atoms with van der Waals surface area (Å²) in [6.07, 6.45) is 5.81. The van der Waals surface area contributed by atoms with Gasteiger partial charge in [0, 0.05) is 12.4 Å². The molecule has 0 aliphatic rings. The Morgan fingerprint density at radius 3 is 2.60 bits per heavy atom. The van der Waals surface area contributed by atoms with Crippen molar-refractivity contribution in [2.24, 2.45) is 0 Å². The van der Waals surface area contributed by atoms with Crippen LogP contribution in [0.25, 0.3) is 11.4 Å². The highest BCUT2D eigenvalue weighted by Crippen LogP contribution is 2.19. The van der Waals surface area contributed by atoms with Crippen molar-refractivity contribution in [3.05, 3.63) is 48.3 Å². The van der Waals surface area contributed by atoms with Crippen LogP contribution in [0.15, 0.2) is 42.7 Å². The summed E-state index contributed by atoms with van der Waals surface area (Å²) in [6.45, 7) is 2.18. The summed E-state index contributed by atoms with van der Waals surface area (Å²) >= 11 is 0. The van der Waals surface area contributed by atoms with E-state index in [9.17, 15) is 0 Å². The van der Waals surface area contributed by atoms with Crippen LogP contribution in [0.2, 0.25) is 0 Å². The van der Waals surface area contributed by atoms with Crippen LogP contribution in [0.5, 0.6) is 0 Å². The van der Waals surface area contributed by atoms with Crippen LogP contribution in [-0.2, 0) is 6.42 Å². The van der Waals surface area contributed by atoms with Gasteiger partial charge in [-0.05, 0) is 30.2 Å². The first-order valence-electron chi connectivity index (χ1n) is 5.27. The summed E-state index contributed by atoms with van der Waals surface area (Å²) in [5.74, 6) is 0. The van der Waals surface area contributed by atoms with E-state index in [2.05, 4.69) is 23.0 Å². The first kappa shape index (κ1) is 9.84. The van der Waals surface area contributed by atoms with Crippen molar-refractivity contribution in [1.29, 1.82) is 0 Å². The second kappa shape index (κ2) is 4.69. The highest BCUT2D eigenvalue weighted by molar-refractivity contribution is 5.58. The molecule has 0 N–H and O–H groups in total. The second-order valence-electron chi connectivity index (χ2n) is 3.48. The van der Waals surface area contributed by atoms with Gasteiger partial charge in [0.2, 0.25) is 0 Å². The fourth-order valence-electron chi connectivity index (χ4n) is 1.64. The summed E-state index contributed by atoms with van der Waals surface area (Å²) in [6, 6.07) is 10.0. The molecule has 0 bridgehead atoms. The molecule has 0 radical (unpaired) electrons. The molecule has 15 heavy (non-hydrogen) atoms. The number of hydrogen-bond acceptors (Lipinski definition) is 2. The molecule has 0 aromatic carbocycles. The Morgan fingerprint density at radius 2 is 1.87 bits per heavy atom. The van der Waals surface area contributed by atoms with E-state index in [1.165, 1.54) is 5.56 Å². The maximum Gasteiger partial charge on any atom is 0.0918 e. The van der Waals surface area contributed by atoms with Crippen LogP contribution in [0.3, 0.4) is 0 Å². The molecule has 2 heteroatoms. The minimum Gasteiger partial charge on any atom is -0.255 e. The molecule has 0 fully saturated rings. The van der Waals surface area contributed by atoms with E-state index in [0.717, 1.165) is 24.2 Å². The predicted octanol–water partition coefficient (Wildman–Crippen LogP) is 3.10. The van der Waals surface area contributed by atoms with Gasteiger partial charge in [-0.1, -0.05) is 25.5 Å². The lowest BCUT2D eigenvalue weighted by molar-refractivity contribution is 0.915. The van der Waals surface area contributed by atoms with Gasteiger partial charge >= 0.3 is 0 Å². The zero-order valence-corrected chi connectivity index (χ0v) is 8.85. The van der Waals surface area contributed by atoms with Crippen molar-refractivity contribution in [3.8, 4) is 11.4 Å². The lowest BCUT2D eigenvalue weighted by Gasteiger charge is -2.05. The molecular formula is C13H14N2. The van der Waals surface area contributed by atoms with E-state index in [1.54, 1.807) is 6.20 Å². The van der Waals surface area contributed by atoms with E-state index >= 15 is 0 Å². The Bertz CT molecular complexity index is 424. The topological polar surface area (TPSA) is 25.8 Å². The van der Waals surface area contributed by atoms with Crippen LogP contribution in [0.4, 0.5) is 0 Å². The third-order valence-corrected chi connectivity index (χ3v) is 2.32. The molecule has 0 saturated heterocycles. The number of pyridine rings is 2. The number of aromatic nitrogens is 2. The third-order valence-electron chi connectivity index (χ3n) is 2.32. The quantitative estimate of drug-likeness (QED) is 0.757. The van der Waals surface area contributed by atoms with Crippen LogP contribution in [0.1, 0.15) is 18.9 Å². The number of aryl methyl sites for hydroxylation is 1.